The van der Waals surface area contributed by atoms with Crippen LogP contribution in [0.5, 0.6) is 5.75 Å². The lowest BCUT2D eigenvalue weighted by molar-refractivity contribution is -0.149. The van der Waals surface area contributed by atoms with Crippen molar-refractivity contribution in [2.75, 3.05) is 11.9 Å². The first kappa shape index (κ1) is 21.1. The fraction of sp³-hybridized carbons (Fsp3) is 0.421. The molecule has 0 spiro atoms. The lowest BCUT2D eigenvalue weighted by Gasteiger charge is -2.38. The van der Waals surface area contributed by atoms with E-state index < -0.39 is 53.7 Å². The zero-order valence-corrected chi connectivity index (χ0v) is 16.7. The first-order valence-corrected chi connectivity index (χ1v) is 9.10. The van der Waals surface area contributed by atoms with E-state index in [1.54, 1.807) is 24.3 Å². The number of amides is 4. The number of carboxylic acid groups (broad SMARTS) is 1. The molecule has 3 atom stereocenters. The Morgan fingerprint density at radius 1 is 1.33 bits per heavy atom. The van der Waals surface area contributed by atoms with E-state index in [0.717, 1.165) is 0 Å². The van der Waals surface area contributed by atoms with Crippen molar-refractivity contribution in [2.45, 2.75) is 44.4 Å². The number of nitrogens with one attached hydrogen (secondary N) is 2. The number of fused-ring (bicyclic) bond motifs is 1. The molecule has 1 unspecified atom stereocenters. The minimum absolute atomic E-state index is 0.254. The van der Waals surface area contributed by atoms with Crippen LogP contribution < -0.4 is 26.0 Å². The molecule has 1 aliphatic heterocycles. The van der Waals surface area contributed by atoms with Gasteiger partial charge >= 0.3 is 5.97 Å². The molecule has 0 saturated heterocycles. The maximum absolute atomic E-state index is 13.0. The minimum atomic E-state index is -2.09. The fourth-order valence-corrected chi connectivity index (χ4v) is 2.85. The Morgan fingerprint density at radius 2 is 1.97 bits per heavy atom. The highest BCUT2D eigenvalue weighted by molar-refractivity contribution is 6.16. The van der Waals surface area contributed by atoms with Gasteiger partial charge in [0.05, 0.1) is 5.69 Å². The third-order valence-corrected chi connectivity index (χ3v) is 4.66. The topological polar surface area (TPSA) is 168 Å². The van der Waals surface area contributed by atoms with Crippen molar-refractivity contribution in [2.24, 2.45) is 5.73 Å². The van der Waals surface area contributed by atoms with E-state index in [1.165, 1.54) is 25.8 Å². The molecule has 0 radical (unpaired) electrons. The molecular weight excluding hydrogens is 396 g/mol. The van der Waals surface area contributed by atoms with E-state index in [2.05, 4.69) is 5.32 Å². The Bertz CT molecular complexity index is 924. The smallest absolute Gasteiger partial charge is 0.303 e. The quantitative estimate of drug-likeness (QED) is 0.396. The van der Waals surface area contributed by atoms with Crippen molar-refractivity contribution in [3.63, 3.8) is 0 Å². The maximum Gasteiger partial charge on any atom is 0.303 e. The summed E-state index contributed by atoms with van der Waals surface area (Å²) in [5, 5.41) is 11.3. The molecule has 5 N–H and O–H groups in total. The molecule has 1 aromatic carbocycles. The highest BCUT2D eigenvalue weighted by Crippen LogP contribution is 2.36. The number of para-hydroxylation sites is 2. The first-order chi connectivity index (χ1) is 14.4. The van der Waals surface area contributed by atoms with Crippen LogP contribution in [0, 0.1) is 0 Å². The molecule has 30 heavy (non-hydrogen) atoms. The van der Waals surface area contributed by atoms with Crippen LogP contribution in [0.2, 0.25) is 1.41 Å². The van der Waals surface area contributed by atoms with Crippen molar-refractivity contribution >= 4 is 35.3 Å². The Morgan fingerprint density at radius 3 is 2.57 bits per heavy atom. The second-order valence-electron chi connectivity index (χ2n) is 6.97. The summed E-state index contributed by atoms with van der Waals surface area (Å²) in [7, 11) is 1.46. The molecule has 0 fully saturated rings. The highest BCUT2D eigenvalue weighted by atomic mass is 16.5. The van der Waals surface area contributed by atoms with Crippen molar-refractivity contribution in [1.29, 1.82) is 0 Å². The number of likely N-dealkylation sites (N-methyl/N-ethyl adjacent to an activating group) is 1. The molecule has 4 amide bonds. The van der Waals surface area contributed by atoms with Crippen LogP contribution in [-0.2, 0) is 24.0 Å². The van der Waals surface area contributed by atoms with Crippen LogP contribution in [-0.4, -0.2) is 59.4 Å². The molecule has 11 heteroatoms. The van der Waals surface area contributed by atoms with Crippen LogP contribution in [0.1, 0.15) is 26.7 Å². The normalized spacial score (nSPS) is 20.2. The van der Waals surface area contributed by atoms with E-state index in [9.17, 15) is 24.0 Å². The number of hydrogen-bond donors (Lipinski definition) is 4. The molecule has 0 bridgehead atoms. The number of nitrogens with two attached hydrogens (primary N) is 1. The summed E-state index contributed by atoms with van der Waals surface area (Å²) in [4.78, 5) is 61.7. The monoisotopic (exact) mass is 421 g/mol. The molecular formula is C19H24N4O7. The average Bonchev–Trinajstić information content (AvgIpc) is 2.72. The summed E-state index contributed by atoms with van der Waals surface area (Å²) >= 11 is 0. The molecule has 162 valence electrons. The van der Waals surface area contributed by atoms with Gasteiger partial charge in [0.2, 0.25) is 11.8 Å². The summed E-state index contributed by atoms with van der Waals surface area (Å²) < 4.78 is 13.7. The summed E-state index contributed by atoms with van der Waals surface area (Å²) in [6, 6.07) is 3.81. The number of carbonyl (C=O) groups is 5. The van der Waals surface area contributed by atoms with Crippen LogP contribution in [0.3, 0.4) is 0 Å². The Hall–Kier alpha value is -3.63. The number of carboxylic acids is 1. The Labute approximate surface area is 174 Å². The van der Waals surface area contributed by atoms with Gasteiger partial charge in [-0.15, -0.1) is 0 Å². The standard InChI is InChI=1S/C19H24N4O7/c1-10(16(27)22-11(15(20)26)8-9-14(24)25)21-17(28)19(2)18(29)23(3)12-6-4-5-7-13(12)30-19/h4-7,10-11H,8-9H2,1-3H3,(H2,20,26)(H,21,28)(H,22,27)(H,24,25)/t10-,11-,19?/m0/s1/i/hD. The van der Waals surface area contributed by atoms with Crippen LogP contribution in [0.25, 0.3) is 0 Å². The average molecular weight is 421 g/mol. The number of hydrogen-bond acceptors (Lipinski definition) is 6. The lowest BCUT2D eigenvalue weighted by atomic mass is 10.00. The zero-order chi connectivity index (χ0) is 23.5. The van der Waals surface area contributed by atoms with Crippen molar-refractivity contribution in [3.05, 3.63) is 24.3 Å². The van der Waals surface area contributed by atoms with E-state index in [1.807, 2.05) is 0 Å². The van der Waals surface area contributed by atoms with E-state index in [4.69, 9.17) is 17.0 Å². The van der Waals surface area contributed by atoms with Crippen molar-refractivity contribution in [3.8, 4) is 5.75 Å². The number of rotatable bonds is 8. The van der Waals surface area contributed by atoms with Crippen LogP contribution in [0.4, 0.5) is 5.69 Å². The van der Waals surface area contributed by atoms with Gasteiger partial charge in [-0.3, -0.25) is 24.0 Å². The second kappa shape index (κ2) is 8.80. The van der Waals surface area contributed by atoms with Gasteiger partial charge in [-0.2, -0.15) is 0 Å². The summed E-state index contributed by atoms with van der Waals surface area (Å²) in [5.74, 6) is -4.62. The molecule has 2 rings (SSSR count). The molecule has 0 aliphatic carbocycles. The molecule has 0 aromatic heterocycles. The largest absolute Gasteiger partial charge is 0.481 e. The van der Waals surface area contributed by atoms with Crippen LogP contribution in [0.15, 0.2) is 24.3 Å². The van der Waals surface area contributed by atoms with E-state index in [0.29, 0.717) is 5.69 Å². The highest BCUT2D eigenvalue weighted by Gasteiger charge is 2.50. The van der Waals surface area contributed by atoms with Gasteiger partial charge in [0, 0.05) is 13.5 Å². The first-order valence-electron chi connectivity index (χ1n) is 9.55. The number of ether oxygens (including phenoxy) is 1. The number of carbonyl (C=O) groups excluding carboxylic acids is 4. The predicted molar refractivity (Wildman–Crippen MR) is 104 cm³/mol. The minimum Gasteiger partial charge on any atom is -0.481 e. The van der Waals surface area contributed by atoms with E-state index >= 15 is 0 Å². The third-order valence-electron chi connectivity index (χ3n) is 4.66. The predicted octanol–water partition coefficient (Wildman–Crippen LogP) is -0.860. The molecule has 1 aliphatic rings. The van der Waals surface area contributed by atoms with Gasteiger partial charge in [0.15, 0.2) is 1.41 Å². The molecule has 0 saturated carbocycles. The molecule has 11 nitrogen and oxygen atoms in total. The molecule has 1 aromatic rings. The number of primary amides is 1. The van der Waals surface area contributed by atoms with Crippen molar-refractivity contribution < 1.29 is 35.2 Å². The second-order valence-corrected chi connectivity index (χ2v) is 6.97. The van der Waals surface area contributed by atoms with Gasteiger partial charge in [-0.25, -0.2) is 0 Å². The van der Waals surface area contributed by atoms with Gasteiger partial charge in [0.25, 0.3) is 17.4 Å². The van der Waals surface area contributed by atoms with Gasteiger partial charge in [-0.05, 0) is 32.4 Å². The summed E-state index contributed by atoms with van der Waals surface area (Å²) in [6.45, 7) is 2.42. The van der Waals surface area contributed by atoms with Gasteiger partial charge in [-0.1, -0.05) is 12.1 Å². The van der Waals surface area contributed by atoms with Crippen LogP contribution >= 0.6 is 0 Å². The number of anilines is 1. The maximum atomic E-state index is 13.0. The molecule has 1 heterocycles. The van der Waals surface area contributed by atoms with Gasteiger partial charge < -0.3 is 31.1 Å². The number of benzene rings is 1. The van der Waals surface area contributed by atoms with Gasteiger partial charge in [0.1, 0.15) is 17.8 Å². The SMILES string of the molecule is [2H]N(C(=O)C1(C)Oc2ccccc2N(C)C1=O)[C@@H](C)C(=O)N[C@@H](CCC(=O)O)C(N)=O. The Kier molecular flexibility index (Phi) is 6.19. The summed E-state index contributed by atoms with van der Waals surface area (Å²) in [5.41, 5.74) is 3.54. The lowest BCUT2D eigenvalue weighted by Crippen LogP contribution is -2.64. The van der Waals surface area contributed by atoms with E-state index in [-0.39, 0.29) is 17.5 Å². The number of nitrogens with zero attached hydrogens (tertiary/aromatic N) is 1. The third kappa shape index (κ3) is 4.67. The zero-order valence-electron chi connectivity index (χ0n) is 17.7. The number of aliphatic carboxylic acids is 1. The van der Waals surface area contributed by atoms with Crippen molar-refractivity contribution in [1.82, 2.24) is 10.6 Å². The Balaban J connectivity index is 2.17. The summed E-state index contributed by atoms with van der Waals surface area (Å²) in [6.07, 6.45) is -0.673. The fourth-order valence-electron chi connectivity index (χ4n) is 2.85.